The zero-order valence-corrected chi connectivity index (χ0v) is 14.0. The quantitative estimate of drug-likeness (QED) is 0.592. The minimum Gasteiger partial charge on any atom is -0.488 e. The Morgan fingerprint density at radius 3 is 2.25 bits per heavy atom. The summed E-state index contributed by atoms with van der Waals surface area (Å²) in [4.78, 5) is 11.5. The minimum absolute atomic E-state index is 0.451. The van der Waals surface area contributed by atoms with Gasteiger partial charge in [0.2, 0.25) is 0 Å². The minimum atomic E-state index is 0.451. The van der Waals surface area contributed by atoms with E-state index in [-0.39, 0.29) is 0 Å². The second-order valence-electron chi connectivity index (χ2n) is 5.97. The number of hydrogen-bond acceptors (Lipinski definition) is 2. The normalized spacial score (nSPS) is 10.4. The van der Waals surface area contributed by atoms with E-state index in [2.05, 4.69) is 37.3 Å². The number of carbonyl (C=O) groups is 1. The summed E-state index contributed by atoms with van der Waals surface area (Å²) in [5.74, 6) is 0.657. The number of ether oxygens (including phenoxy) is 1. The lowest BCUT2D eigenvalue weighted by atomic mass is 9.99. The van der Waals surface area contributed by atoms with E-state index in [4.69, 9.17) is 4.74 Å². The van der Waals surface area contributed by atoms with Crippen LogP contribution in [-0.4, -0.2) is 6.29 Å². The van der Waals surface area contributed by atoms with Crippen molar-refractivity contribution in [3.63, 3.8) is 0 Å². The van der Waals surface area contributed by atoms with Crippen molar-refractivity contribution in [2.45, 2.75) is 20.5 Å². The first-order chi connectivity index (χ1) is 11.7. The maximum Gasteiger partial charge on any atom is 0.153 e. The molecular formula is C22H20O2. The van der Waals surface area contributed by atoms with Crippen LogP contribution in [0.2, 0.25) is 0 Å². The van der Waals surface area contributed by atoms with Crippen LogP contribution >= 0.6 is 0 Å². The molecule has 3 aromatic rings. The van der Waals surface area contributed by atoms with E-state index in [9.17, 15) is 4.79 Å². The van der Waals surface area contributed by atoms with Gasteiger partial charge in [0, 0.05) is 0 Å². The summed E-state index contributed by atoms with van der Waals surface area (Å²) in [6.45, 7) is 4.49. The van der Waals surface area contributed by atoms with Gasteiger partial charge < -0.3 is 4.74 Å². The van der Waals surface area contributed by atoms with Crippen LogP contribution in [0.1, 0.15) is 27.0 Å². The van der Waals surface area contributed by atoms with Crippen molar-refractivity contribution in [2.75, 3.05) is 0 Å². The van der Waals surface area contributed by atoms with Gasteiger partial charge in [0.05, 0.1) is 5.56 Å². The second kappa shape index (κ2) is 7.14. The fourth-order valence-corrected chi connectivity index (χ4v) is 2.73. The monoisotopic (exact) mass is 316 g/mol. The highest BCUT2D eigenvalue weighted by Crippen LogP contribution is 2.30. The molecule has 0 aliphatic rings. The molecule has 0 unspecified atom stereocenters. The molecule has 0 amide bonds. The van der Waals surface area contributed by atoms with Crippen molar-refractivity contribution < 1.29 is 9.53 Å². The Kier molecular flexibility index (Phi) is 4.76. The molecule has 0 aromatic heterocycles. The third-order valence-electron chi connectivity index (χ3n) is 4.04. The van der Waals surface area contributed by atoms with Crippen molar-refractivity contribution >= 4 is 6.29 Å². The molecule has 0 atom stereocenters. The molecule has 0 spiro atoms. The maximum absolute atomic E-state index is 11.5. The van der Waals surface area contributed by atoms with Crippen LogP contribution in [0.3, 0.4) is 0 Å². The number of aryl methyl sites for hydroxylation is 2. The second-order valence-corrected chi connectivity index (χ2v) is 5.97. The lowest BCUT2D eigenvalue weighted by Gasteiger charge is -2.14. The van der Waals surface area contributed by atoms with Gasteiger partial charge in [-0.3, -0.25) is 4.79 Å². The van der Waals surface area contributed by atoms with Crippen LogP contribution in [0.25, 0.3) is 11.1 Å². The summed E-state index contributed by atoms with van der Waals surface area (Å²) in [5.41, 5.74) is 5.97. The van der Waals surface area contributed by atoms with Crippen molar-refractivity contribution in [2.24, 2.45) is 0 Å². The van der Waals surface area contributed by atoms with E-state index in [0.29, 0.717) is 17.9 Å². The molecule has 0 saturated heterocycles. The van der Waals surface area contributed by atoms with E-state index < -0.39 is 0 Å². The Balaban J connectivity index is 1.90. The molecule has 2 heteroatoms. The van der Waals surface area contributed by atoms with E-state index >= 15 is 0 Å². The predicted octanol–water partition coefficient (Wildman–Crippen LogP) is 5.36. The highest BCUT2D eigenvalue weighted by molar-refractivity contribution is 5.84. The van der Waals surface area contributed by atoms with E-state index in [1.807, 2.05) is 43.3 Å². The molecule has 0 fully saturated rings. The Morgan fingerprint density at radius 1 is 0.875 bits per heavy atom. The van der Waals surface area contributed by atoms with Crippen LogP contribution in [0.15, 0.2) is 66.7 Å². The molecule has 24 heavy (non-hydrogen) atoms. The Labute approximate surface area is 142 Å². The van der Waals surface area contributed by atoms with Gasteiger partial charge in [0.1, 0.15) is 12.4 Å². The first kappa shape index (κ1) is 16.0. The summed E-state index contributed by atoms with van der Waals surface area (Å²) in [6, 6.07) is 22.2. The third kappa shape index (κ3) is 3.54. The van der Waals surface area contributed by atoms with Gasteiger partial charge in [-0.2, -0.15) is 0 Å². The Morgan fingerprint density at radius 2 is 1.58 bits per heavy atom. The largest absolute Gasteiger partial charge is 0.488 e. The number of hydrogen-bond donors (Lipinski definition) is 0. The third-order valence-corrected chi connectivity index (χ3v) is 4.04. The fourth-order valence-electron chi connectivity index (χ4n) is 2.73. The van der Waals surface area contributed by atoms with Gasteiger partial charge in [-0.1, -0.05) is 60.2 Å². The average Bonchev–Trinajstić information content (AvgIpc) is 2.61. The summed E-state index contributed by atoms with van der Waals surface area (Å²) < 4.78 is 5.92. The van der Waals surface area contributed by atoms with Crippen LogP contribution in [0.5, 0.6) is 5.75 Å². The van der Waals surface area contributed by atoms with Crippen molar-refractivity contribution in [1.29, 1.82) is 0 Å². The van der Waals surface area contributed by atoms with E-state index in [1.165, 1.54) is 5.56 Å². The molecule has 0 N–H and O–H groups in total. The lowest BCUT2D eigenvalue weighted by Crippen LogP contribution is -2.01. The first-order valence-electron chi connectivity index (χ1n) is 8.01. The molecule has 0 aliphatic heterocycles. The molecule has 0 saturated carbocycles. The summed E-state index contributed by atoms with van der Waals surface area (Å²) >= 11 is 0. The fraction of sp³-hybridized carbons (Fsp3) is 0.136. The molecule has 0 heterocycles. The van der Waals surface area contributed by atoms with Gasteiger partial charge in [0.15, 0.2) is 6.29 Å². The van der Waals surface area contributed by atoms with Gasteiger partial charge in [0.25, 0.3) is 0 Å². The molecule has 3 rings (SSSR count). The number of carbonyl (C=O) groups excluding carboxylic acids is 1. The smallest absolute Gasteiger partial charge is 0.153 e. The van der Waals surface area contributed by atoms with Gasteiger partial charge in [-0.05, 0) is 48.2 Å². The first-order valence-corrected chi connectivity index (χ1v) is 8.01. The molecule has 120 valence electrons. The van der Waals surface area contributed by atoms with E-state index in [0.717, 1.165) is 28.5 Å². The number of rotatable bonds is 5. The standard InChI is InChI=1S/C22H20O2/c1-16-8-10-19(11-9-16)20-12-17(2)22(21(13-20)14-23)24-15-18-6-4-3-5-7-18/h3-14H,15H2,1-2H3. The maximum atomic E-state index is 11.5. The SMILES string of the molecule is Cc1ccc(-c2cc(C)c(OCc3ccccc3)c(C=O)c2)cc1. The number of benzene rings is 3. The van der Waals surface area contributed by atoms with E-state index in [1.54, 1.807) is 0 Å². The number of aldehydes is 1. The molecule has 0 radical (unpaired) electrons. The zero-order chi connectivity index (χ0) is 16.9. The van der Waals surface area contributed by atoms with Crippen molar-refractivity contribution in [3.05, 3.63) is 89.0 Å². The highest BCUT2D eigenvalue weighted by atomic mass is 16.5. The van der Waals surface area contributed by atoms with Crippen LogP contribution in [0, 0.1) is 13.8 Å². The molecule has 3 aromatic carbocycles. The van der Waals surface area contributed by atoms with Gasteiger partial charge >= 0.3 is 0 Å². The Bertz CT molecular complexity index is 834. The Hall–Kier alpha value is -2.87. The average molecular weight is 316 g/mol. The highest BCUT2D eigenvalue weighted by Gasteiger charge is 2.11. The zero-order valence-electron chi connectivity index (χ0n) is 14.0. The molecular weight excluding hydrogens is 296 g/mol. The molecule has 0 bridgehead atoms. The van der Waals surface area contributed by atoms with Crippen molar-refractivity contribution in [3.8, 4) is 16.9 Å². The lowest BCUT2D eigenvalue weighted by molar-refractivity contribution is 0.111. The van der Waals surface area contributed by atoms with Crippen LogP contribution in [-0.2, 0) is 6.61 Å². The topological polar surface area (TPSA) is 26.3 Å². The predicted molar refractivity (Wildman–Crippen MR) is 97.5 cm³/mol. The summed E-state index contributed by atoms with van der Waals surface area (Å²) in [5, 5.41) is 0. The van der Waals surface area contributed by atoms with Crippen LogP contribution in [0.4, 0.5) is 0 Å². The summed E-state index contributed by atoms with van der Waals surface area (Å²) in [6.07, 6.45) is 0.866. The summed E-state index contributed by atoms with van der Waals surface area (Å²) in [7, 11) is 0. The molecule has 2 nitrogen and oxygen atoms in total. The molecule has 0 aliphatic carbocycles. The van der Waals surface area contributed by atoms with Crippen LogP contribution < -0.4 is 4.74 Å². The van der Waals surface area contributed by atoms with Gasteiger partial charge in [-0.15, -0.1) is 0 Å². The van der Waals surface area contributed by atoms with Crippen molar-refractivity contribution in [1.82, 2.24) is 0 Å². The van der Waals surface area contributed by atoms with Gasteiger partial charge in [-0.25, -0.2) is 0 Å².